The highest BCUT2D eigenvalue weighted by Crippen LogP contribution is 2.29. The van der Waals surface area contributed by atoms with E-state index in [1.165, 1.54) is 11.4 Å². The second-order valence-electron chi connectivity index (χ2n) is 5.17. The Balaban J connectivity index is 2.19. The first-order chi connectivity index (χ1) is 9.42. The van der Waals surface area contributed by atoms with Crippen LogP contribution in [-0.2, 0) is 10.2 Å². The normalized spacial score (nSPS) is 20.6. The van der Waals surface area contributed by atoms with Gasteiger partial charge in [-0.15, -0.1) is 0 Å². The van der Waals surface area contributed by atoms with Crippen LogP contribution in [0.3, 0.4) is 0 Å². The van der Waals surface area contributed by atoms with Crippen molar-refractivity contribution in [1.29, 1.82) is 0 Å². The third kappa shape index (κ3) is 3.34. The average Bonchev–Trinajstić information content (AvgIpc) is 2.40. The van der Waals surface area contributed by atoms with Crippen molar-refractivity contribution in [3.63, 3.8) is 0 Å². The summed E-state index contributed by atoms with van der Waals surface area (Å²) in [6.07, 6.45) is 1.96. The number of hydrogen-bond donors (Lipinski definition) is 2. The summed E-state index contributed by atoms with van der Waals surface area (Å²) in [7, 11) is -2.07. The van der Waals surface area contributed by atoms with Crippen molar-refractivity contribution in [2.24, 2.45) is 5.92 Å². The number of nitrogens with one attached hydrogen (secondary N) is 1. The first kappa shape index (κ1) is 14.9. The van der Waals surface area contributed by atoms with Gasteiger partial charge >= 0.3 is 10.2 Å². The van der Waals surface area contributed by atoms with Crippen LogP contribution in [0.15, 0.2) is 18.2 Å². The van der Waals surface area contributed by atoms with Gasteiger partial charge in [-0.1, -0.05) is 6.92 Å². The fourth-order valence-corrected chi connectivity index (χ4v) is 3.76. The lowest BCUT2D eigenvalue weighted by Crippen LogP contribution is -2.42. The summed E-state index contributed by atoms with van der Waals surface area (Å²) < 4.78 is 34.0. The molecule has 1 atom stereocenters. The molecule has 0 saturated carbocycles. The van der Waals surface area contributed by atoms with Gasteiger partial charge in [-0.25, -0.2) is 0 Å². The summed E-state index contributed by atoms with van der Waals surface area (Å²) in [6.45, 7) is 3.16. The van der Waals surface area contributed by atoms with Crippen LogP contribution in [0.1, 0.15) is 19.8 Å². The van der Waals surface area contributed by atoms with Crippen LogP contribution >= 0.6 is 0 Å². The van der Waals surface area contributed by atoms with E-state index in [0.717, 1.165) is 12.8 Å². The zero-order valence-corrected chi connectivity index (χ0v) is 12.6. The van der Waals surface area contributed by atoms with E-state index < -0.39 is 10.2 Å². The number of hydrogen-bond acceptors (Lipinski definition) is 4. The number of benzene rings is 1. The topological polar surface area (TPSA) is 84.7 Å². The third-order valence-electron chi connectivity index (χ3n) is 3.42. The zero-order valence-electron chi connectivity index (χ0n) is 11.8. The van der Waals surface area contributed by atoms with Gasteiger partial charge in [0.1, 0.15) is 5.75 Å². The Morgan fingerprint density at radius 3 is 2.85 bits per heavy atom. The third-order valence-corrected chi connectivity index (χ3v) is 4.91. The maximum absolute atomic E-state index is 12.4. The second kappa shape index (κ2) is 5.88. The molecule has 6 nitrogen and oxygen atoms in total. The number of methoxy groups -OCH3 is 1. The standard InChI is InChI=1S/C13H21N3O3S/c1-10-4-3-7-16(9-10)20(17,18)15-12-6-5-11(14)8-13(12)19-2/h5-6,8,10,15H,3-4,7,9,14H2,1-2H3. The molecule has 20 heavy (non-hydrogen) atoms. The van der Waals surface area contributed by atoms with E-state index in [1.54, 1.807) is 18.2 Å². The molecular formula is C13H21N3O3S. The highest BCUT2D eigenvalue weighted by atomic mass is 32.2. The molecule has 1 aromatic carbocycles. The molecule has 1 fully saturated rings. The molecular weight excluding hydrogens is 278 g/mol. The SMILES string of the molecule is COc1cc(N)ccc1NS(=O)(=O)N1CCCC(C)C1. The van der Waals surface area contributed by atoms with E-state index in [-0.39, 0.29) is 0 Å². The molecule has 1 saturated heterocycles. The summed E-state index contributed by atoms with van der Waals surface area (Å²) in [5.74, 6) is 0.798. The van der Waals surface area contributed by atoms with Gasteiger partial charge in [-0.2, -0.15) is 12.7 Å². The fraction of sp³-hybridized carbons (Fsp3) is 0.538. The van der Waals surface area contributed by atoms with Crippen LogP contribution in [-0.4, -0.2) is 32.9 Å². The van der Waals surface area contributed by atoms with Gasteiger partial charge in [0.25, 0.3) is 0 Å². The van der Waals surface area contributed by atoms with Crippen molar-refractivity contribution in [1.82, 2.24) is 4.31 Å². The summed E-state index contributed by atoms with van der Waals surface area (Å²) >= 11 is 0. The molecule has 0 radical (unpaired) electrons. The summed E-state index contributed by atoms with van der Waals surface area (Å²) in [4.78, 5) is 0. The van der Waals surface area contributed by atoms with Gasteiger partial charge in [0.05, 0.1) is 12.8 Å². The molecule has 112 valence electrons. The summed E-state index contributed by atoms with van der Waals surface area (Å²) in [6, 6.07) is 4.84. The number of rotatable bonds is 4. The Labute approximate surface area is 120 Å². The lowest BCUT2D eigenvalue weighted by atomic mass is 10.0. The van der Waals surface area contributed by atoms with Crippen LogP contribution < -0.4 is 15.2 Å². The molecule has 1 aliphatic heterocycles. The van der Waals surface area contributed by atoms with Crippen LogP contribution in [0.25, 0.3) is 0 Å². The molecule has 0 bridgehead atoms. The van der Waals surface area contributed by atoms with Gasteiger partial charge < -0.3 is 10.5 Å². The molecule has 0 amide bonds. The molecule has 0 spiro atoms. The van der Waals surface area contributed by atoms with Gasteiger partial charge in [-0.3, -0.25) is 4.72 Å². The smallest absolute Gasteiger partial charge is 0.301 e. The number of nitrogens with two attached hydrogens (primary N) is 1. The minimum absolute atomic E-state index is 0.383. The van der Waals surface area contributed by atoms with E-state index in [4.69, 9.17) is 10.5 Å². The average molecular weight is 299 g/mol. The van der Waals surface area contributed by atoms with Gasteiger partial charge in [0.2, 0.25) is 0 Å². The minimum atomic E-state index is -3.55. The lowest BCUT2D eigenvalue weighted by Gasteiger charge is -2.30. The zero-order chi connectivity index (χ0) is 14.8. The predicted molar refractivity (Wildman–Crippen MR) is 79.9 cm³/mol. The molecule has 0 aromatic heterocycles. The van der Waals surface area contributed by atoms with Crippen molar-refractivity contribution < 1.29 is 13.2 Å². The highest BCUT2D eigenvalue weighted by Gasteiger charge is 2.27. The van der Waals surface area contributed by atoms with Crippen molar-refractivity contribution in [2.45, 2.75) is 19.8 Å². The number of ether oxygens (including phenoxy) is 1. The van der Waals surface area contributed by atoms with Gasteiger partial charge in [0, 0.05) is 24.8 Å². The van der Waals surface area contributed by atoms with E-state index in [0.29, 0.717) is 36.1 Å². The maximum Gasteiger partial charge on any atom is 0.301 e. The Kier molecular flexibility index (Phi) is 4.39. The number of nitrogen functional groups attached to an aromatic ring is 1. The van der Waals surface area contributed by atoms with E-state index in [9.17, 15) is 8.42 Å². The molecule has 1 heterocycles. The minimum Gasteiger partial charge on any atom is -0.494 e. The molecule has 2 rings (SSSR count). The molecule has 1 aliphatic rings. The first-order valence-corrected chi connectivity index (χ1v) is 8.08. The van der Waals surface area contributed by atoms with Crippen molar-refractivity contribution in [3.05, 3.63) is 18.2 Å². The molecule has 1 aromatic rings. The Hall–Kier alpha value is -1.47. The van der Waals surface area contributed by atoms with E-state index in [2.05, 4.69) is 11.6 Å². The van der Waals surface area contributed by atoms with Crippen molar-refractivity contribution in [2.75, 3.05) is 30.7 Å². The summed E-state index contributed by atoms with van der Waals surface area (Å²) in [5.41, 5.74) is 6.59. The monoisotopic (exact) mass is 299 g/mol. The molecule has 1 unspecified atom stereocenters. The molecule has 7 heteroatoms. The van der Waals surface area contributed by atoms with E-state index in [1.807, 2.05) is 0 Å². The number of piperidine rings is 1. The van der Waals surface area contributed by atoms with Crippen LogP contribution in [0.5, 0.6) is 5.75 Å². The molecule has 3 N–H and O–H groups in total. The van der Waals surface area contributed by atoms with E-state index >= 15 is 0 Å². The predicted octanol–water partition coefficient (Wildman–Crippen LogP) is 1.67. The highest BCUT2D eigenvalue weighted by molar-refractivity contribution is 7.90. The molecule has 0 aliphatic carbocycles. The van der Waals surface area contributed by atoms with Gasteiger partial charge in [-0.05, 0) is 30.9 Å². The summed E-state index contributed by atoms with van der Waals surface area (Å²) in [5, 5.41) is 0. The number of anilines is 2. The largest absolute Gasteiger partial charge is 0.494 e. The second-order valence-corrected chi connectivity index (χ2v) is 6.84. The van der Waals surface area contributed by atoms with Gasteiger partial charge in [0.15, 0.2) is 0 Å². The van der Waals surface area contributed by atoms with Crippen LogP contribution in [0, 0.1) is 5.92 Å². The first-order valence-electron chi connectivity index (χ1n) is 6.64. The van der Waals surface area contributed by atoms with Crippen LogP contribution in [0.2, 0.25) is 0 Å². The Morgan fingerprint density at radius 2 is 2.20 bits per heavy atom. The number of nitrogens with zero attached hydrogens (tertiary/aromatic N) is 1. The van der Waals surface area contributed by atoms with Crippen LogP contribution in [0.4, 0.5) is 11.4 Å². The fourth-order valence-electron chi connectivity index (χ4n) is 2.36. The quantitative estimate of drug-likeness (QED) is 0.828. The maximum atomic E-state index is 12.4. The Morgan fingerprint density at radius 1 is 1.45 bits per heavy atom. The van der Waals surface area contributed by atoms with Crippen molar-refractivity contribution >= 4 is 21.6 Å². The van der Waals surface area contributed by atoms with Crippen molar-refractivity contribution in [3.8, 4) is 5.75 Å². The lowest BCUT2D eigenvalue weighted by molar-refractivity contribution is 0.282. The Bertz CT molecular complexity index is 574.